The molecule has 0 heterocycles. The summed E-state index contributed by atoms with van der Waals surface area (Å²) in [5.74, 6) is 7.54. The average Bonchev–Trinajstić information content (AvgIpc) is 2.72. The molecule has 0 saturated heterocycles. The molecule has 142 valence electrons. The summed E-state index contributed by atoms with van der Waals surface area (Å²) in [6, 6.07) is 11.5. The Balaban J connectivity index is 2.19. The van der Waals surface area contributed by atoms with Crippen LogP contribution in [0.2, 0.25) is 18.1 Å². The molecule has 0 bridgehead atoms. The van der Waals surface area contributed by atoms with Crippen LogP contribution in [0.1, 0.15) is 58.4 Å². The molecule has 2 nitrogen and oxygen atoms in total. The number of para-hydroxylation sites is 1. The smallest absolute Gasteiger partial charge is 0.192 e. The topological polar surface area (TPSA) is 18.5 Å². The molecule has 0 saturated carbocycles. The van der Waals surface area contributed by atoms with Crippen molar-refractivity contribution in [1.29, 1.82) is 0 Å². The number of hydrogen-bond donors (Lipinski definition) is 0. The van der Waals surface area contributed by atoms with Gasteiger partial charge >= 0.3 is 0 Å². The molecule has 1 aliphatic carbocycles. The Kier molecular flexibility index (Phi) is 8.48. The van der Waals surface area contributed by atoms with Gasteiger partial charge in [0.25, 0.3) is 0 Å². The van der Waals surface area contributed by atoms with Gasteiger partial charge in [0, 0.05) is 6.42 Å². The van der Waals surface area contributed by atoms with Crippen molar-refractivity contribution in [3.8, 4) is 17.6 Å². The summed E-state index contributed by atoms with van der Waals surface area (Å²) in [5.41, 5.74) is 2.44. The van der Waals surface area contributed by atoms with E-state index in [0.29, 0.717) is 0 Å². The van der Waals surface area contributed by atoms with Gasteiger partial charge in [0.2, 0.25) is 0 Å². The largest absolute Gasteiger partial charge is 0.495 e. The second-order valence-corrected chi connectivity index (χ2v) is 11.8. The molecule has 1 aromatic rings. The second-order valence-electron chi connectivity index (χ2n) is 7.08. The van der Waals surface area contributed by atoms with Crippen molar-refractivity contribution in [2.75, 3.05) is 7.11 Å². The minimum Gasteiger partial charge on any atom is -0.495 e. The van der Waals surface area contributed by atoms with Crippen LogP contribution in [0.25, 0.3) is 0 Å². The minimum atomic E-state index is -1.64. The quantitative estimate of drug-likeness (QED) is 0.302. The van der Waals surface area contributed by atoms with E-state index in [9.17, 15) is 0 Å². The summed E-state index contributed by atoms with van der Waals surface area (Å²) in [7, 11) is 0.0526. The van der Waals surface area contributed by atoms with Crippen LogP contribution in [0.3, 0.4) is 0 Å². The van der Waals surface area contributed by atoms with E-state index in [1.807, 2.05) is 24.3 Å². The lowest BCUT2D eigenvalue weighted by molar-refractivity contribution is 0.219. The molecule has 3 heteroatoms. The first-order chi connectivity index (χ1) is 12.7. The molecule has 0 N–H and O–H groups in total. The van der Waals surface area contributed by atoms with E-state index in [2.05, 4.69) is 38.7 Å². The Hall–Kier alpha value is -1.50. The molecule has 0 aliphatic heterocycles. The molecule has 2 rings (SSSR count). The molecular weight excluding hydrogens is 336 g/mol. The van der Waals surface area contributed by atoms with Crippen molar-refractivity contribution in [3.05, 3.63) is 41.5 Å². The molecule has 0 amide bonds. The van der Waals surface area contributed by atoms with Crippen LogP contribution in [0.15, 0.2) is 35.9 Å². The van der Waals surface area contributed by atoms with E-state index >= 15 is 0 Å². The van der Waals surface area contributed by atoms with Crippen LogP contribution in [-0.4, -0.2) is 21.5 Å². The van der Waals surface area contributed by atoms with Crippen molar-refractivity contribution >= 4 is 8.32 Å². The molecule has 1 atom stereocenters. The summed E-state index contributed by atoms with van der Waals surface area (Å²) in [4.78, 5) is 0. The van der Waals surface area contributed by atoms with Crippen LogP contribution >= 0.6 is 0 Å². The number of rotatable bonds is 8. The van der Waals surface area contributed by atoms with Crippen molar-refractivity contribution in [3.63, 3.8) is 0 Å². The Morgan fingerprint density at radius 1 is 1.08 bits per heavy atom. The SMILES string of the molecule is CC[Si](CC)(CC)OC(CC#Cc1ccccc1OC)C1=CCCCC1. The normalized spacial score (nSPS) is 15.6. The first kappa shape index (κ1) is 20.8. The number of ether oxygens (including phenoxy) is 1. The summed E-state index contributed by atoms with van der Waals surface area (Å²) >= 11 is 0. The molecule has 0 aromatic heterocycles. The van der Waals surface area contributed by atoms with Crippen LogP contribution in [0.5, 0.6) is 5.75 Å². The Labute approximate surface area is 161 Å². The number of methoxy groups -OCH3 is 1. The third kappa shape index (κ3) is 5.49. The average molecular weight is 371 g/mol. The summed E-state index contributed by atoms with van der Waals surface area (Å²) < 4.78 is 12.3. The van der Waals surface area contributed by atoms with Gasteiger partial charge in [-0.15, -0.1) is 0 Å². The number of hydrogen-bond acceptors (Lipinski definition) is 2. The van der Waals surface area contributed by atoms with E-state index in [4.69, 9.17) is 9.16 Å². The lowest BCUT2D eigenvalue weighted by Gasteiger charge is -2.34. The van der Waals surface area contributed by atoms with Gasteiger partial charge in [0.05, 0.1) is 18.8 Å². The monoisotopic (exact) mass is 370 g/mol. The summed E-state index contributed by atoms with van der Waals surface area (Å²) in [5, 5.41) is 0. The van der Waals surface area contributed by atoms with Crippen LogP contribution in [-0.2, 0) is 4.43 Å². The predicted octanol–water partition coefficient (Wildman–Crippen LogP) is 6.33. The first-order valence-electron chi connectivity index (χ1n) is 10.2. The van der Waals surface area contributed by atoms with Gasteiger partial charge < -0.3 is 9.16 Å². The van der Waals surface area contributed by atoms with E-state index in [-0.39, 0.29) is 6.10 Å². The highest BCUT2D eigenvalue weighted by atomic mass is 28.4. The van der Waals surface area contributed by atoms with Crippen molar-refractivity contribution in [2.24, 2.45) is 0 Å². The first-order valence-corrected chi connectivity index (χ1v) is 12.7. The van der Waals surface area contributed by atoms with E-state index in [1.54, 1.807) is 7.11 Å². The lowest BCUT2D eigenvalue weighted by Crippen LogP contribution is -2.40. The zero-order valence-electron chi connectivity index (χ0n) is 16.9. The third-order valence-corrected chi connectivity index (χ3v) is 10.3. The summed E-state index contributed by atoms with van der Waals surface area (Å²) in [6.07, 6.45) is 8.31. The van der Waals surface area contributed by atoms with Gasteiger partial charge in [0.15, 0.2) is 8.32 Å². The third-order valence-electron chi connectivity index (χ3n) is 5.68. The van der Waals surface area contributed by atoms with Gasteiger partial charge in [-0.2, -0.15) is 0 Å². The maximum absolute atomic E-state index is 6.86. The molecule has 0 spiro atoms. The van der Waals surface area contributed by atoms with Gasteiger partial charge in [-0.05, 0) is 61.5 Å². The van der Waals surface area contributed by atoms with Gasteiger partial charge in [-0.1, -0.05) is 50.8 Å². The number of benzene rings is 1. The zero-order chi connectivity index (χ0) is 18.8. The fourth-order valence-electron chi connectivity index (χ4n) is 3.69. The molecule has 26 heavy (non-hydrogen) atoms. The van der Waals surface area contributed by atoms with E-state index < -0.39 is 8.32 Å². The Bertz CT molecular complexity index is 641. The van der Waals surface area contributed by atoms with E-state index in [0.717, 1.165) is 17.7 Å². The maximum atomic E-state index is 6.86. The Morgan fingerprint density at radius 3 is 2.42 bits per heavy atom. The highest BCUT2D eigenvalue weighted by Gasteiger charge is 2.33. The second kappa shape index (κ2) is 10.6. The molecule has 1 unspecified atom stereocenters. The minimum absolute atomic E-state index is 0.170. The highest BCUT2D eigenvalue weighted by Crippen LogP contribution is 2.30. The Morgan fingerprint density at radius 2 is 1.81 bits per heavy atom. The van der Waals surface area contributed by atoms with Crippen LogP contribution in [0.4, 0.5) is 0 Å². The van der Waals surface area contributed by atoms with Crippen LogP contribution in [0, 0.1) is 11.8 Å². The highest BCUT2D eigenvalue weighted by molar-refractivity contribution is 6.73. The van der Waals surface area contributed by atoms with Gasteiger partial charge in [-0.3, -0.25) is 0 Å². The fourth-order valence-corrected chi connectivity index (χ4v) is 6.53. The standard InChI is InChI=1S/C23H34O2Si/c1-5-26(6-2,7-3)25-23(21-14-9-8-10-15-21)19-13-17-20-16-11-12-18-22(20)24-4/h11-12,14,16,18,23H,5-10,15,19H2,1-4H3. The molecule has 0 fully saturated rings. The molecule has 1 aliphatic rings. The van der Waals surface area contributed by atoms with Crippen molar-refractivity contribution < 1.29 is 9.16 Å². The van der Waals surface area contributed by atoms with E-state index in [1.165, 1.54) is 49.4 Å². The summed E-state index contributed by atoms with van der Waals surface area (Å²) in [6.45, 7) is 6.89. The zero-order valence-corrected chi connectivity index (χ0v) is 17.9. The van der Waals surface area contributed by atoms with Gasteiger partial charge in [-0.25, -0.2) is 0 Å². The maximum Gasteiger partial charge on any atom is 0.192 e. The lowest BCUT2D eigenvalue weighted by atomic mass is 9.94. The van der Waals surface area contributed by atoms with Crippen LogP contribution < -0.4 is 4.74 Å². The molecule has 0 radical (unpaired) electrons. The van der Waals surface area contributed by atoms with Crippen molar-refractivity contribution in [2.45, 2.75) is 77.1 Å². The van der Waals surface area contributed by atoms with Crippen molar-refractivity contribution in [1.82, 2.24) is 0 Å². The molecular formula is C23H34O2Si. The predicted molar refractivity (Wildman–Crippen MR) is 113 cm³/mol. The fraction of sp³-hybridized carbons (Fsp3) is 0.565. The van der Waals surface area contributed by atoms with Gasteiger partial charge in [0.1, 0.15) is 5.75 Å². The molecule has 1 aromatic carbocycles. The number of allylic oxidation sites excluding steroid dienone is 1.